The third kappa shape index (κ3) is 2.93. The van der Waals surface area contributed by atoms with Gasteiger partial charge in [0.1, 0.15) is 0 Å². The molecule has 0 spiro atoms. The van der Waals surface area contributed by atoms with E-state index in [9.17, 15) is 8.42 Å². The van der Waals surface area contributed by atoms with Crippen LogP contribution in [0.3, 0.4) is 0 Å². The molecule has 0 bridgehead atoms. The van der Waals surface area contributed by atoms with Crippen molar-refractivity contribution >= 4 is 26.0 Å². The first-order chi connectivity index (χ1) is 8.34. The Morgan fingerprint density at radius 1 is 1.50 bits per heavy atom. The van der Waals surface area contributed by atoms with Crippen LogP contribution in [0, 0.1) is 19.3 Å². The van der Waals surface area contributed by atoms with Crippen LogP contribution in [-0.2, 0) is 16.6 Å². The quantitative estimate of drug-likeness (QED) is 0.850. The van der Waals surface area contributed by atoms with Crippen molar-refractivity contribution in [2.45, 2.75) is 18.4 Å². The van der Waals surface area contributed by atoms with E-state index >= 15 is 0 Å². The van der Waals surface area contributed by atoms with Crippen molar-refractivity contribution in [3.05, 3.63) is 27.7 Å². The molecule has 4 nitrogen and oxygen atoms in total. The lowest BCUT2D eigenvalue weighted by molar-refractivity contribution is 0.502. The Bertz CT molecular complexity index is 591. The zero-order valence-electron chi connectivity index (χ0n) is 10.3. The molecule has 0 fully saturated rings. The van der Waals surface area contributed by atoms with Crippen LogP contribution in [-0.4, -0.2) is 26.3 Å². The van der Waals surface area contributed by atoms with Crippen molar-refractivity contribution in [3.63, 3.8) is 0 Å². The summed E-state index contributed by atoms with van der Waals surface area (Å²) in [5.74, 6) is 2.32. The van der Waals surface area contributed by atoms with E-state index in [1.807, 2.05) is 6.07 Å². The van der Waals surface area contributed by atoms with Crippen molar-refractivity contribution in [3.8, 4) is 12.3 Å². The third-order valence-corrected chi connectivity index (χ3v) is 5.35. The zero-order chi connectivity index (χ0) is 13.9. The van der Waals surface area contributed by atoms with Gasteiger partial charge in [-0.3, -0.25) is 0 Å². The first kappa shape index (κ1) is 15.2. The Morgan fingerprint density at radius 3 is 2.61 bits per heavy atom. The van der Waals surface area contributed by atoms with Crippen molar-refractivity contribution in [2.75, 3.05) is 13.6 Å². The van der Waals surface area contributed by atoms with Gasteiger partial charge in [0.2, 0.25) is 10.0 Å². The summed E-state index contributed by atoms with van der Waals surface area (Å²) in [5, 5.41) is 0. The Morgan fingerprint density at radius 2 is 2.11 bits per heavy atom. The van der Waals surface area contributed by atoms with Gasteiger partial charge in [-0.15, -0.1) is 6.42 Å². The molecule has 2 N–H and O–H groups in total. The Hall–Kier alpha value is -0.870. The summed E-state index contributed by atoms with van der Waals surface area (Å²) >= 11 is 3.34. The number of sulfonamides is 1. The van der Waals surface area contributed by atoms with E-state index in [2.05, 4.69) is 21.9 Å². The van der Waals surface area contributed by atoms with Crippen LogP contribution in [0.25, 0.3) is 0 Å². The number of nitrogens with zero attached hydrogens (tertiary/aromatic N) is 1. The predicted molar refractivity (Wildman–Crippen MR) is 75.4 cm³/mol. The van der Waals surface area contributed by atoms with Gasteiger partial charge in [-0.25, -0.2) is 8.42 Å². The molecule has 6 heteroatoms. The molecule has 0 aliphatic heterocycles. The fraction of sp³-hybridized carbons (Fsp3) is 0.333. The van der Waals surface area contributed by atoms with E-state index in [-0.39, 0.29) is 18.0 Å². The monoisotopic (exact) mass is 330 g/mol. The largest absolute Gasteiger partial charge is 0.326 e. The molecule has 98 valence electrons. The molecule has 0 amide bonds. The Labute approximate surface area is 116 Å². The van der Waals surface area contributed by atoms with E-state index in [4.69, 9.17) is 12.2 Å². The van der Waals surface area contributed by atoms with E-state index in [1.54, 1.807) is 13.0 Å². The van der Waals surface area contributed by atoms with E-state index in [1.165, 1.54) is 7.05 Å². The number of nitrogens with two attached hydrogens (primary N) is 1. The van der Waals surface area contributed by atoms with Crippen LogP contribution >= 0.6 is 15.9 Å². The lowest BCUT2D eigenvalue weighted by Crippen LogP contribution is -2.28. The number of halogens is 1. The lowest BCUT2D eigenvalue weighted by atomic mass is 10.1. The maximum absolute atomic E-state index is 12.3. The van der Waals surface area contributed by atoms with Gasteiger partial charge in [-0.1, -0.05) is 21.9 Å². The average Bonchev–Trinajstić information content (AvgIpc) is 2.32. The second-order valence-electron chi connectivity index (χ2n) is 3.87. The molecule has 18 heavy (non-hydrogen) atoms. The predicted octanol–water partition coefficient (Wildman–Crippen LogP) is 1.47. The molecule has 1 aromatic carbocycles. The maximum atomic E-state index is 12.3. The molecule has 0 saturated heterocycles. The molecule has 0 atom stereocenters. The van der Waals surface area contributed by atoms with E-state index in [0.717, 1.165) is 14.3 Å². The number of terminal acetylenes is 1. The van der Waals surface area contributed by atoms with Crippen LogP contribution in [0.2, 0.25) is 0 Å². The molecular weight excluding hydrogens is 316 g/mol. The Balaban J connectivity index is 3.41. The fourth-order valence-electron chi connectivity index (χ4n) is 1.47. The van der Waals surface area contributed by atoms with Gasteiger partial charge in [-0.05, 0) is 30.2 Å². The smallest absolute Gasteiger partial charge is 0.244 e. The number of hydrogen-bond donors (Lipinski definition) is 1. The van der Waals surface area contributed by atoms with Gasteiger partial charge in [-0.2, -0.15) is 4.31 Å². The molecular formula is C12H15BrN2O2S. The lowest BCUT2D eigenvalue weighted by Gasteiger charge is -2.17. The highest BCUT2D eigenvalue weighted by atomic mass is 79.9. The zero-order valence-corrected chi connectivity index (χ0v) is 12.7. The molecule has 0 heterocycles. The van der Waals surface area contributed by atoms with E-state index < -0.39 is 10.0 Å². The summed E-state index contributed by atoms with van der Waals surface area (Å²) in [6.07, 6.45) is 5.14. The topological polar surface area (TPSA) is 63.4 Å². The van der Waals surface area contributed by atoms with Crippen LogP contribution in [0.4, 0.5) is 0 Å². The molecule has 0 aliphatic carbocycles. The van der Waals surface area contributed by atoms with E-state index in [0.29, 0.717) is 5.56 Å². The van der Waals surface area contributed by atoms with Gasteiger partial charge < -0.3 is 5.73 Å². The van der Waals surface area contributed by atoms with Crippen molar-refractivity contribution in [1.82, 2.24) is 4.31 Å². The van der Waals surface area contributed by atoms with Gasteiger partial charge in [0.15, 0.2) is 0 Å². The Kier molecular flexibility index (Phi) is 4.93. The molecule has 0 saturated carbocycles. The van der Waals surface area contributed by atoms with Crippen molar-refractivity contribution < 1.29 is 8.42 Å². The van der Waals surface area contributed by atoms with Gasteiger partial charge in [0.05, 0.1) is 11.4 Å². The standard InChI is InChI=1S/C12H15BrN2O2S/c1-4-5-15(3)18(16,17)12-7-10(8-14)6-11(13)9(12)2/h1,6-7H,5,8,14H2,2-3H3. The molecule has 0 aromatic heterocycles. The van der Waals surface area contributed by atoms with Crippen LogP contribution in [0.15, 0.2) is 21.5 Å². The molecule has 0 unspecified atom stereocenters. The summed E-state index contributed by atoms with van der Waals surface area (Å²) in [6.45, 7) is 2.05. The molecule has 0 aliphatic rings. The normalized spacial score (nSPS) is 11.6. The minimum atomic E-state index is -3.58. The van der Waals surface area contributed by atoms with Gasteiger partial charge in [0.25, 0.3) is 0 Å². The highest BCUT2D eigenvalue weighted by Crippen LogP contribution is 2.27. The third-order valence-electron chi connectivity index (χ3n) is 2.59. The number of rotatable bonds is 4. The van der Waals surface area contributed by atoms with Crippen LogP contribution in [0.1, 0.15) is 11.1 Å². The fourth-order valence-corrected chi connectivity index (χ4v) is 3.49. The highest BCUT2D eigenvalue weighted by Gasteiger charge is 2.23. The highest BCUT2D eigenvalue weighted by molar-refractivity contribution is 9.10. The van der Waals surface area contributed by atoms with Crippen molar-refractivity contribution in [2.24, 2.45) is 5.73 Å². The second-order valence-corrected chi connectivity index (χ2v) is 6.74. The first-order valence-corrected chi connectivity index (χ1v) is 7.46. The van der Waals surface area contributed by atoms with Crippen LogP contribution in [0.5, 0.6) is 0 Å². The average molecular weight is 331 g/mol. The maximum Gasteiger partial charge on any atom is 0.244 e. The van der Waals surface area contributed by atoms with Gasteiger partial charge in [0, 0.05) is 18.1 Å². The van der Waals surface area contributed by atoms with Crippen molar-refractivity contribution in [1.29, 1.82) is 0 Å². The minimum Gasteiger partial charge on any atom is -0.326 e. The molecule has 1 rings (SSSR count). The number of hydrogen-bond acceptors (Lipinski definition) is 3. The molecule has 1 aromatic rings. The molecule has 0 radical (unpaired) electrons. The minimum absolute atomic E-state index is 0.0340. The van der Waals surface area contributed by atoms with Crippen LogP contribution < -0.4 is 5.73 Å². The summed E-state index contributed by atoms with van der Waals surface area (Å²) in [4.78, 5) is 0.232. The first-order valence-electron chi connectivity index (χ1n) is 5.23. The summed E-state index contributed by atoms with van der Waals surface area (Å²) < 4.78 is 26.5. The summed E-state index contributed by atoms with van der Waals surface area (Å²) in [5.41, 5.74) is 6.95. The second kappa shape index (κ2) is 5.85. The number of benzene rings is 1. The van der Waals surface area contributed by atoms with Gasteiger partial charge >= 0.3 is 0 Å². The summed E-state index contributed by atoms with van der Waals surface area (Å²) in [6, 6.07) is 3.40. The SMILES string of the molecule is C#CCN(C)S(=O)(=O)c1cc(CN)cc(Br)c1C. The summed E-state index contributed by atoms with van der Waals surface area (Å²) in [7, 11) is -2.13.